The molecule has 1 atom stereocenters. The van der Waals surface area contributed by atoms with Crippen molar-refractivity contribution in [2.75, 3.05) is 57.9 Å². The zero-order valence-corrected chi connectivity index (χ0v) is 17.7. The van der Waals surface area contributed by atoms with Gasteiger partial charge in [0, 0.05) is 58.0 Å². The number of hydrogen-bond acceptors (Lipinski definition) is 3. The van der Waals surface area contributed by atoms with Gasteiger partial charge in [-0.3, -0.25) is 4.99 Å². The van der Waals surface area contributed by atoms with E-state index in [9.17, 15) is 13.2 Å². The van der Waals surface area contributed by atoms with E-state index >= 15 is 0 Å². The second kappa shape index (κ2) is 9.81. The average Bonchev–Trinajstić information content (AvgIpc) is 3.16. The maximum Gasteiger partial charge on any atom is 0.416 e. The molecule has 0 aliphatic carbocycles. The third-order valence-corrected chi connectivity index (χ3v) is 4.90. The van der Waals surface area contributed by atoms with Crippen LogP contribution in [0.5, 0.6) is 0 Å². The zero-order valence-electron chi connectivity index (χ0n) is 15.3. The minimum atomic E-state index is -4.31. The molecule has 0 saturated carbocycles. The lowest BCUT2D eigenvalue weighted by Gasteiger charge is -2.38. The summed E-state index contributed by atoms with van der Waals surface area (Å²) in [6.45, 7) is 5.20. The quantitative estimate of drug-likeness (QED) is 0.395. The molecular formula is C18H26F3IN4O. The highest BCUT2D eigenvalue weighted by Crippen LogP contribution is 2.31. The number of ether oxygens (including phenoxy) is 1. The molecule has 2 fully saturated rings. The van der Waals surface area contributed by atoms with E-state index in [0.29, 0.717) is 24.7 Å². The van der Waals surface area contributed by atoms with Gasteiger partial charge in [0.1, 0.15) is 0 Å². The standard InChI is InChI=1S/C18H25F3N4O.HI/c1-22-17(23-12-14-5-10-26-13-14)25-8-6-24(7-9-25)16-4-2-3-15(11-16)18(19,20)21;/h2-4,11,14H,5-10,12-13H2,1H3,(H,22,23);1H. The Hall–Kier alpha value is -1.23. The molecule has 2 aliphatic rings. The molecule has 1 aromatic rings. The van der Waals surface area contributed by atoms with Crippen molar-refractivity contribution in [1.82, 2.24) is 10.2 Å². The summed E-state index contributed by atoms with van der Waals surface area (Å²) >= 11 is 0. The van der Waals surface area contributed by atoms with Crippen molar-refractivity contribution in [3.63, 3.8) is 0 Å². The molecule has 1 N–H and O–H groups in total. The average molecular weight is 498 g/mol. The molecule has 27 heavy (non-hydrogen) atoms. The number of alkyl halides is 3. The highest BCUT2D eigenvalue weighted by Gasteiger charge is 2.31. The SMILES string of the molecule is CN=C(NCC1CCOC1)N1CCN(c2cccc(C(F)(F)F)c2)CC1.I. The Kier molecular flexibility index (Phi) is 8.02. The molecule has 0 radical (unpaired) electrons. The van der Waals surface area contributed by atoms with Crippen molar-refractivity contribution in [1.29, 1.82) is 0 Å². The van der Waals surface area contributed by atoms with Crippen LogP contribution in [0.15, 0.2) is 29.3 Å². The van der Waals surface area contributed by atoms with Gasteiger partial charge in [0.25, 0.3) is 0 Å². The van der Waals surface area contributed by atoms with Crippen molar-refractivity contribution in [2.45, 2.75) is 12.6 Å². The summed E-state index contributed by atoms with van der Waals surface area (Å²) in [5.74, 6) is 1.36. The van der Waals surface area contributed by atoms with Crippen molar-refractivity contribution in [3.8, 4) is 0 Å². The Morgan fingerprint density at radius 3 is 2.59 bits per heavy atom. The van der Waals surface area contributed by atoms with E-state index in [1.807, 2.05) is 4.90 Å². The largest absolute Gasteiger partial charge is 0.416 e. The first-order chi connectivity index (χ1) is 12.5. The molecule has 2 aliphatic heterocycles. The van der Waals surface area contributed by atoms with Crippen LogP contribution in [0.25, 0.3) is 0 Å². The Balaban J connectivity index is 0.00000261. The molecule has 0 bridgehead atoms. The van der Waals surface area contributed by atoms with Crippen LogP contribution in [0.3, 0.4) is 0 Å². The predicted molar refractivity (Wildman–Crippen MR) is 111 cm³/mol. The van der Waals surface area contributed by atoms with Gasteiger partial charge in [-0.05, 0) is 24.6 Å². The first-order valence-corrected chi connectivity index (χ1v) is 8.93. The molecule has 2 heterocycles. The number of piperazine rings is 1. The summed E-state index contributed by atoms with van der Waals surface area (Å²) in [4.78, 5) is 8.48. The number of anilines is 1. The minimum absolute atomic E-state index is 0. The number of nitrogens with one attached hydrogen (secondary N) is 1. The number of halogens is 4. The monoisotopic (exact) mass is 498 g/mol. The summed E-state index contributed by atoms with van der Waals surface area (Å²) in [5, 5.41) is 3.39. The van der Waals surface area contributed by atoms with Crippen LogP contribution in [0, 0.1) is 5.92 Å². The molecule has 152 valence electrons. The van der Waals surface area contributed by atoms with Crippen LogP contribution in [-0.2, 0) is 10.9 Å². The molecule has 5 nitrogen and oxygen atoms in total. The van der Waals surface area contributed by atoms with Crippen LogP contribution in [0.4, 0.5) is 18.9 Å². The summed E-state index contributed by atoms with van der Waals surface area (Å²) in [5.41, 5.74) is 0.0132. The molecule has 0 aromatic heterocycles. The van der Waals surface area contributed by atoms with E-state index < -0.39 is 11.7 Å². The van der Waals surface area contributed by atoms with E-state index in [2.05, 4.69) is 15.2 Å². The molecule has 0 spiro atoms. The first-order valence-electron chi connectivity index (χ1n) is 8.93. The van der Waals surface area contributed by atoms with E-state index in [1.165, 1.54) is 12.1 Å². The first kappa shape index (κ1) is 22.1. The summed E-state index contributed by atoms with van der Waals surface area (Å²) < 4.78 is 44.1. The second-order valence-electron chi connectivity index (χ2n) is 6.68. The number of aliphatic imine (C=N–C) groups is 1. The Morgan fingerprint density at radius 1 is 1.26 bits per heavy atom. The molecule has 1 aromatic carbocycles. The zero-order chi connectivity index (χ0) is 18.6. The Bertz CT molecular complexity index is 627. The fraction of sp³-hybridized carbons (Fsp3) is 0.611. The van der Waals surface area contributed by atoms with Crippen molar-refractivity contribution in [2.24, 2.45) is 10.9 Å². The number of guanidine groups is 1. The van der Waals surface area contributed by atoms with Gasteiger partial charge < -0.3 is 19.9 Å². The predicted octanol–water partition coefficient (Wildman–Crippen LogP) is 3.06. The number of rotatable bonds is 3. The van der Waals surface area contributed by atoms with E-state index in [4.69, 9.17) is 4.74 Å². The summed E-state index contributed by atoms with van der Waals surface area (Å²) in [6.07, 6.45) is -3.25. The third kappa shape index (κ3) is 5.87. The molecule has 2 saturated heterocycles. The van der Waals surface area contributed by atoms with Gasteiger partial charge in [-0.25, -0.2) is 0 Å². The van der Waals surface area contributed by atoms with Gasteiger partial charge in [0.05, 0.1) is 12.2 Å². The lowest BCUT2D eigenvalue weighted by molar-refractivity contribution is -0.137. The van der Waals surface area contributed by atoms with E-state index in [-0.39, 0.29) is 24.0 Å². The van der Waals surface area contributed by atoms with Gasteiger partial charge in [-0.1, -0.05) is 6.07 Å². The third-order valence-electron chi connectivity index (χ3n) is 4.90. The van der Waals surface area contributed by atoms with Gasteiger partial charge >= 0.3 is 6.18 Å². The van der Waals surface area contributed by atoms with Crippen molar-refractivity contribution >= 4 is 35.6 Å². The smallest absolute Gasteiger partial charge is 0.381 e. The molecule has 0 amide bonds. The van der Waals surface area contributed by atoms with Gasteiger partial charge in [0.15, 0.2) is 5.96 Å². The summed E-state index contributed by atoms with van der Waals surface area (Å²) in [6, 6.07) is 5.54. The van der Waals surface area contributed by atoms with Crippen LogP contribution in [0.2, 0.25) is 0 Å². The highest BCUT2D eigenvalue weighted by atomic mass is 127. The molecular weight excluding hydrogens is 472 g/mol. The van der Waals surface area contributed by atoms with Gasteiger partial charge in [-0.2, -0.15) is 13.2 Å². The second-order valence-corrected chi connectivity index (χ2v) is 6.68. The lowest BCUT2D eigenvalue weighted by Crippen LogP contribution is -2.53. The topological polar surface area (TPSA) is 40.1 Å². The molecule has 9 heteroatoms. The van der Waals surface area contributed by atoms with Crippen molar-refractivity contribution in [3.05, 3.63) is 29.8 Å². The minimum Gasteiger partial charge on any atom is -0.381 e. The molecule has 1 unspecified atom stereocenters. The Labute approximate surface area is 175 Å². The maximum atomic E-state index is 12.9. The van der Waals surface area contributed by atoms with E-state index in [0.717, 1.165) is 51.3 Å². The van der Waals surface area contributed by atoms with Gasteiger partial charge in [-0.15, -0.1) is 24.0 Å². The number of nitrogens with zero attached hydrogens (tertiary/aromatic N) is 3. The van der Waals surface area contributed by atoms with E-state index in [1.54, 1.807) is 13.1 Å². The van der Waals surface area contributed by atoms with Crippen LogP contribution < -0.4 is 10.2 Å². The van der Waals surface area contributed by atoms with Crippen LogP contribution in [-0.4, -0.2) is 63.8 Å². The molecule has 3 rings (SSSR count). The number of benzene rings is 1. The maximum absolute atomic E-state index is 12.9. The van der Waals surface area contributed by atoms with Crippen molar-refractivity contribution < 1.29 is 17.9 Å². The van der Waals surface area contributed by atoms with Crippen LogP contribution in [0.1, 0.15) is 12.0 Å². The lowest BCUT2D eigenvalue weighted by atomic mass is 10.1. The highest BCUT2D eigenvalue weighted by molar-refractivity contribution is 14.0. The van der Waals surface area contributed by atoms with Gasteiger partial charge in [0.2, 0.25) is 0 Å². The number of hydrogen-bond donors (Lipinski definition) is 1. The summed E-state index contributed by atoms with van der Waals surface area (Å²) in [7, 11) is 1.76. The normalized spacial score (nSPS) is 21.2. The van der Waals surface area contributed by atoms with Crippen LogP contribution >= 0.6 is 24.0 Å². The Morgan fingerprint density at radius 2 is 2.00 bits per heavy atom. The fourth-order valence-corrected chi connectivity index (χ4v) is 3.37. The fourth-order valence-electron chi connectivity index (χ4n) is 3.37.